The van der Waals surface area contributed by atoms with Crippen molar-refractivity contribution in [3.63, 3.8) is 0 Å². The van der Waals surface area contributed by atoms with E-state index in [1.165, 1.54) is 0 Å². The molecular formula is C19H27ClIN5O2. The van der Waals surface area contributed by atoms with E-state index in [1.807, 2.05) is 34.1 Å². The van der Waals surface area contributed by atoms with Gasteiger partial charge in [-0.15, -0.1) is 24.0 Å². The number of nitrogens with zero attached hydrogens (tertiary/aromatic N) is 3. The van der Waals surface area contributed by atoms with Crippen molar-refractivity contribution >= 4 is 53.4 Å². The first-order valence-corrected chi connectivity index (χ1v) is 9.70. The van der Waals surface area contributed by atoms with Crippen molar-refractivity contribution in [1.82, 2.24) is 20.4 Å². The fraction of sp³-hybridized carbons (Fsp3) is 0.526. The molecule has 1 heterocycles. The quantitative estimate of drug-likeness (QED) is 0.260. The van der Waals surface area contributed by atoms with Crippen molar-refractivity contribution in [2.24, 2.45) is 10.9 Å². The van der Waals surface area contributed by atoms with Crippen molar-refractivity contribution in [2.45, 2.75) is 19.4 Å². The Kier molecular flexibility index (Phi) is 8.81. The van der Waals surface area contributed by atoms with E-state index in [2.05, 4.69) is 15.6 Å². The average molecular weight is 520 g/mol. The molecule has 2 aliphatic rings. The highest BCUT2D eigenvalue weighted by atomic mass is 127. The molecule has 9 heteroatoms. The molecule has 3 rings (SSSR count). The van der Waals surface area contributed by atoms with Crippen LogP contribution >= 0.6 is 35.6 Å². The van der Waals surface area contributed by atoms with Crippen LogP contribution in [0.2, 0.25) is 5.02 Å². The Morgan fingerprint density at radius 3 is 2.46 bits per heavy atom. The summed E-state index contributed by atoms with van der Waals surface area (Å²) in [5, 5.41) is 6.83. The minimum Gasteiger partial charge on any atom is -0.354 e. The number of piperazine rings is 1. The highest BCUT2D eigenvalue weighted by molar-refractivity contribution is 14.0. The zero-order valence-corrected chi connectivity index (χ0v) is 19.1. The largest absolute Gasteiger partial charge is 0.354 e. The van der Waals surface area contributed by atoms with Gasteiger partial charge in [-0.3, -0.25) is 14.6 Å². The Hall–Kier alpha value is -1.55. The molecule has 2 N–H and O–H groups in total. The molecule has 1 aliphatic heterocycles. The maximum atomic E-state index is 12.5. The number of guanidine groups is 1. The van der Waals surface area contributed by atoms with Gasteiger partial charge in [-0.25, -0.2) is 0 Å². The molecule has 0 spiro atoms. The summed E-state index contributed by atoms with van der Waals surface area (Å²) in [6.07, 6.45) is 2.01. The average Bonchev–Trinajstić information content (AvgIpc) is 3.50. The summed E-state index contributed by atoms with van der Waals surface area (Å²) in [6, 6.07) is 7.56. The Balaban J connectivity index is 0.00000280. The van der Waals surface area contributed by atoms with Crippen molar-refractivity contribution in [1.29, 1.82) is 0 Å². The number of nitrogens with one attached hydrogen (secondary N) is 2. The topological polar surface area (TPSA) is 77.0 Å². The number of amides is 2. The third kappa shape index (κ3) is 6.51. The van der Waals surface area contributed by atoms with Gasteiger partial charge in [-0.2, -0.15) is 0 Å². The molecule has 1 saturated carbocycles. The summed E-state index contributed by atoms with van der Waals surface area (Å²) < 4.78 is 0. The van der Waals surface area contributed by atoms with E-state index in [0.717, 1.165) is 18.4 Å². The standard InChI is InChI=1S/C19H26ClN5O2.HI/c1-21-19(23-9-8-22-18(27)15-4-5-15)25-11-10-24(17(26)13-25)12-14-2-6-16(20)7-3-14;/h2-3,6-7,15H,4-5,8-13H2,1H3,(H,21,23)(H,22,27);1H. The number of benzene rings is 1. The third-order valence-electron chi connectivity index (χ3n) is 4.77. The van der Waals surface area contributed by atoms with Crippen molar-refractivity contribution in [3.8, 4) is 0 Å². The number of carbonyl (C=O) groups excluding carboxylic acids is 2. The van der Waals surface area contributed by atoms with Crippen LogP contribution in [0.4, 0.5) is 0 Å². The van der Waals surface area contributed by atoms with Crippen molar-refractivity contribution < 1.29 is 9.59 Å². The minimum atomic E-state index is 0. The lowest BCUT2D eigenvalue weighted by Gasteiger charge is -2.36. The second-order valence-electron chi connectivity index (χ2n) is 6.90. The number of rotatable bonds is 6. The Morgan fingerprint density at radius 2 is 1.86 bits per heavy atom. The monoisotopic (exact) mass is 519 g/mol. The van der Waals surface area contributed by atoms with E-state index in [-0.39, 0.29) is 41.7 Å². The van der Waals surface area contributed by atoms with E-state index in [9.17, 15) is 9.59 Å². The Labute approximate surface area is 187 Å². The first-order valence-electron chi connectivity index (χ1n) is 9.32. The van der Waals surface area contributed by atoms with Crippen LogP contribution in [0.25, 0.3) is 0 Å². The molecule has 1 aliphatic carbocycles. The lowest BCUT2D eigenvalue weighted by Crippen LogP contribution is -2.55. The predicted molar refractivity (Wildman–Crippen MR) is 121 cm³/mol. The van der Waals surface area contributed by atoms with Crippen molar-refractivity contribution in [3.05, 3.63) is 34.9 Å². The smallest absolute Gasteiger partial charge is 0.242 e. The third-order valence-corrected chi connectivity index (χ3v) is 5.02. The lowest BCUT2D eigenvalue weighted by molar-refractivity contribution is -0.135. The van der Waals surface area contributed by atoms with Crippen LogP contribution in [0.15, 0.2) is 29.3 Å². The minimum absolute atomic E-state index is 0. The fourth-order valence-corrected chi connectivity index (χ4v) is 3.17. The molecule has 1 aromatic rings. The first-order chi connectivity index (χ1) is 13.1. The van der Waals surface area contributed by atoms with Crippen LogP contribution in [0.5, 0.6) is 0 Å². The van der Waals surface area contributed by atoms with Gasteiger partial charge in [0, 0.05) is 50.7 Å². The van der Waals surface area contributed by atoms with Gasteiger partial charge in [0.05, 0.1) is 6.54 Å². The van der Waals surface area contributed by atoms with Crippen molar-refractivity contribution in [2.75, 3.05) is 39.8 Å². The number of carbonyl (C=O) groups is 2. The van der Waals surface area contributed by atoms with Crippen LogP contribution in [0.3, 0.4) is 0 Å². The molecule has 28 heavy (non-hydrogen) atoms. The molecule has 2 amide bonds. The Morgan fingerprint density at radius 1 is 1.18 bits per heavy atom. The zero-order chi connectivity index (χ0) is 19.2. The first kappa shape index (κ1) is 22.7. The van der Waals surface area contributed by atoms with Gasteiger partial charge in [0.15, 0.2) is 5.96 Å². The van der Waals surface area contributed by atoms with Crippen LogP contribution in [-0.4, -0.2) is 67.3 Å². The number of halogens is 2. The van der Waals surface area contributed by atoms with Crippen LogP contribution in [0, 0.1) is 5.92 Å². The molecule has 0 unspecified atom stereocenters. The SMILES string of the molecule is CN=C(NCCNC(=O)C1CC1)N1CCN(Cc2ccc(Cl)cc2)C(=O)C1.I. The molecule has 2 fully saturated rings. The van der Waals surface area contributed by atoms with E-state index in [0.29, 0.717) is 50.3 Å². The molecule has 0 aromatic heterocycles. The molecule has 0 radical (unpaired) electrons. The molecular weight excluding hydrogens is 493 g/mol. The van der Waals surface area contributed by atoms with Gasteiger partial charge < -0.3 is 20.4 Å². The fourth-order valence-electron chi connectivity index (χ4n) is 3.05. The van der Waals surface area contributed by atoms with Gasteiger partial charge in [-0.1, -0.05) is 23.7 Å². The molecule has 1 aromatic carbocycles. The second-order valence-corrected chi connectivity index (χ2v) is 7.34. The molecule has 7 nitrogen and oxygen atoms in total. The number of hydrogen-bond acceptors (Lipinski definition) is 3. The summed E-state index contributed by atoms with van der Waals surface area (Å²) in [5.41, 5.74) is 1.06. The maximum absolute atomic E-state index is 12.5. The number of hydrogen-bond donors (Lipinski definition) is 2. The summed E-state index contributed by atoms with van der Waals surface area (Å²) >= 11 is 5.91. The van der Waals surface area contributed by atoms with Gasteiger partial charge in [0.1, 0.15) is 0 Å². The molecule has 1 saturated heterocycles. The predicted octanol–water partition coefficient (Wildman–Crippen LogP) is 1.70. The van der Waals surface area contributed by atoms with E-state index in [4.69, 9.17) is 11.6 Å². The van der Waals surface area contributed by atoms with Crippen LogP contribution in [-0.2, 0) is 16.1 Å². The highest BCUT2D eigenvalue weighted by Crippen LogP contribution is 2.28. The van der Waals surface area contributed by atoms with Gasteiger partial charge in [-0.05, 0) is 30.5 Å². The summed E-state index contributed by atoms with van der Waals surface area (Å²) in [6.45, 7) is 3.38. The second kappa shape index (κ2) is 10.8. The normalized spacial score (nSPS) is 17.2. The summed E-state index contributed by atoms with van der Waals surface area (Å²) in [7, 11) is 1.70. The van der Waals surface area contributed by atoms with E-state index >= 15 is 0 Å². The van der Waals surface area contributed by atoms with E-state index in [1.54, 1.807) is 7.05 Å². The maximum Gasteiger partial charge on any atom is 0.242 e. The summed E-state index contributed by atoms with van der Waals surface area (Å²) in [4.78, 5) is 32.2. The summed E-state index contributed by atoms with van der Waals surface area (Å²) in [5.74, 6) is 1.12. The lowest BCUT2D eigenvalue weighted by atomic mass is 10.2. The van der Waals surface area contributed by atoms with Gasteiger partial charge >= 0.3 is 0 Å². The van der Waals surface area contributed by atoms with Gasteiger partial charge in [0.2, 0.25) is 11.8 Å². The van der Waals surface area contributed by atoms with E-state index < -0.39 is 0 Å². The molecule has 154 valence electrons. The zero-order valence-electron chi connectivity index (χ0n) is 16.0. The van der Waals surface area contributed by atoms with Crippen LogP contribution < -0.4 is 10.6 Å². The van der Waals surface area contributed by atoms with Gasteiger partial charge in [0.25, 0.3) is 0 Å². The highest BCUT2D eigenvalue weighted by Gasteiger charge is 2.29. The Bertz CT molecular complexity index is 709. The van der Waals surface area contributed by atoms with Crippen LogP contribution in [0.1, 0.15) is 18.4 Å². The molecule has 0 atom stereocenters. The number of aliphatic imine (C=N–C) groups is 1. The molecule has 0 bridgehead atoms.